The Bertz CT molecular complexity index is 442. The molecule has 1 amide bonds. The Hall–Kier alpha value is -2.17. The van der Waals surface area contributed by atoms with Gasteiger partial charge in [-0.25, -0.2) is 4.79 Å². The molecule has 0 radical (unpaired) electrons. The van der Waals surface area contributed by atoms with E-state index in [1.54, 1.807) is 37.3 Å². The van der Waals surface area contributed by atoms with Crippen LogP contribution in [0.4, 0.5) is 0 Å². The van der Waals surface area contributed by atoms with Gasteiger partial charge in [-0.15, -0.1) is 0 Å². The summed E-state index contributed by atoms with van der Waals surface area (Å²) in [4.78, 5) is 34.6. The van der Waals surface area contributed by atoms with Gasteiger partial charge in [0.25, 0.3) is 5.91 Å². The molecule has 0 heterocycles. The zero-order valence-corrected chi connectivity index (χ0v) is 10.3. The van der Waals surface area contributed by atoms with Gasteiger partial charge >= 0.3 is 5.97 Å². The Labute approximate surface area is 105 Å². The summed E-state index contributed by atoms with van der Waals surface area (Å²) in [7, 11) is 0. The molecule has 1 rings (SSSR count). The molecule has 0 saturated heterocycles. The van der Waals surface area contributed by atoms with Gasteiger partial charge in [-0.3, -0.25) is 9.59 Å². The second-order valence-corrected chi connectivity index (χ2v) is 3.64. The molecule has 0 bridgehead atoms. The summed E-state index contributed by atoms with van der Waals surface area (Å²) >= 11 is 0. The number of Topliss-reactive ketones (excluding diaryl/α,β-unsaturated/α-hetero) is 1. The van der Waals surface area contributed by atoms with E-state index in [1.165, 1.54) is 6.92 Å². The van der Waals surface area contributed by atoms with Crippen molar-refractivity contribution < 1.29 is 19.1 Å². The number of ether oxygens (including phenoxy) is 1. The SMILES string of the molecule is CCOC(=O)C(NC(=O)c1ccccc1)C(C)=O. The smallest absolute Gasteiger partial charge is 0.336 e. The van der Waals surface area contributed by atoms with E-state index in [-0.39, 0.29) is 6.61 Å². The third-order valence-corrected chi connectivity index (χ3v) is 2.24. The first-order chi connectivity index (χ1) is 8.56. The minimum Gasteiger partial charge on any atom is -0.464 e. The molecule has 0 spiro atoms. The number of esters is 1. The largest absolute Gasteiger partial charge is 0.464 e. The minimum atomic E-state index is -1.25. The molecule has 0 aliphatic heterocycles. The molecule has 96 valence electrons. The quantitative estimate of drug-likeness (QED) is 0.622. The highest BCUT2D eigenvalue weighted by Gasteiger charge is 2.26. The van der Waals surface area contributed by atoms with E-state index in [9.17, 15) is 14.4 Å². The molecule has 1 atom stereocenters. The Kier molecular flexibility index (Phi) is 5.05. The van der Waals surface area contributed by atoms with Crippen molar-refractivity contribution in [2.45, 2.75) is 19.9 Å². The number of hydrogen-bond acceptors (Lipinski definition) is 4. The highest BCUT2D eigenvalue weighted by Crippen LogP contribution is 2.00. The average Bonchev–Trinajstić information content (AvgIpc) is 2.36. The van der Waals surface area contributed by atoms with E-state index in [4.69, 9.17) is 4.74 Å². The van der Waals surface area contributed by atoms with Crippen LogP contribution < -0.4 is 5.32 Å². The van der Waals surface area contributed by atoms with Crippen LogP contribution in [0, 0.1) is 0 Å². The normalized spacial score (nSPS) is 11.4. The van der Waals surface area contributed by atoms with Crippen LogP contribution in [-0.4, -0.2) is 30.3 Å². The lowest BCUT2D eigenvalue weighted by Crippen LogP contribution is -2.46. The summed E-state index contributed by atoms with van der Waals surface area (Å²) in [5.74, 6) is -1.68. The molecule has 0 fully saturated rings. The van der Waals surface area contributed by atoms with Crippen LogP contribution >= 0.6 is 0 Å². The van der Waals surface area contributed by atoms with Crippen molar-refractivity contribution in [3.63, 3.8) is 0 Å². The van der Waals surface area contributed by atoms with Crippen molar-refractivity contribution >= 4 is 17.7 Å². The molecule has 0 aliphatic rings. The number of amides is 1. The van der Waals surface area contributed by atoms with Crippen LogP contribution in [0.1, 0.15) is 24.2 Å². The second kappa shape index (κ2) is 6.54. The number of ketones is 1. The van der Waals surface area contributed by atoms with Crippen LogP contribution in [0.15, 0.2) is 30.3 Å². The lowest BCUT2D eigenvalue weighted by atomic mass is 10.1. The van der Waals surface area contributed by atoms with Gasteiger partial charge in [0.05, 0.1) is 6.61 Å². The highest BCUT2D eigenvalue weighted by atomic mass is 16.5. The predicted molar refractivity (Wildman–Crippen MR) is 65.0 cm³/mol. The van der Waals surface area contributed by atoms with Gasteiger partial charge in [0.15, 0.2) is 11.8 Å². The third kappa shape index (κ3) is 3.69. The van der Waals surface area contributed by atoms with Crippen LogP contribution in [-0.2, 0) is 14.3 Å². The maximum atomic E-state index is 11.8. The number of carbonyl (C=O) groups is 3. The summed E-state index contributed by atoms with van der Waals surface area (Å²) in [6.07, 6.45) is 0. The lowest BCUT2D eigenvalue weighted by molar-refractivity contribution is -0.148. The van der Waals surface area contributed by atoms with Crippen LogP contribution in [0.3, 0.4) is 0 Å². The zero-order valence-electron chi connectivity index (χ0n) is 10.3. The number of benzene rings is 1. The number of hydrogen-bond donors (Lipinski definition) is 1. The molecule has 0 saturated carbocycles. The minimum absolute atomic E-state index is 0.157. The van der Waals surface area contributed by atoms with Crippen molar-refractivity contribution in [1.82, 2.24) is 5.32 Å². The van der Waals surface area contributed by atoms with Crippen molar-refractivity contribution in [1.29, 1.82) is 0 Å². The van der Waals surface area contributed by atoms with E-state index in [0.29, 0.717) is 5.56 Å². The predicted octanol–water partition coefficient (Wildman–Crippen LogP) is 0.937. The van der Waals surface area contributed by atoms with Crippen molar-refractivity contribution in [2.75, 3.05) is 6.61 Å². The van der Waals surface area contributed by atoms with Crippen molar-refractivity contribution in [3.8, 4) is 0 Å². The summed E-state index contributed by atoms with van der Waals surface area (Å²) in [6, 6.07) is 7.10. The molecule has 0 aliphatic carbocycles. The molecule has 18 heavy (non-hydrogen) atoms. The fourth-order valence-corrected chi connectivity index (χ4v) is 1.36. The van der Waals surface area contributed by atoms with E-state index in [1.807, 2.05) is 0 Å². The fourth-order valence-electron chi connectivity index (χ4n) is 1.36. The van der Waals surface area contributed by atoms with Crippen molar-refractivity contribution in [2.24, 2.45) is 0 Å². The molecular weight excluding hydrogens is 234 g/mol. The van der Waals surface area contributed by atoms with Gasteiger partial charge in [-0.2, -0.15) is 0 Å². The number of carbonyl (C=O) groups excluding carboxylic acids is 3. The standard InChI is InChI=1S/C13H15NO4/c1-3-18-13(17)11(9(2)15)14-12(16)10-7-5-4-6-8-10/h4-8,11H,3H2,1-2H3,(H,14,16). The van der Waals surface area contributed by atoms with Crippen molar-refractivity contribution in [3.05, 3.63) is 35.9 Å². The fraction of sp³-hybridized carbons (Fsp3) is 0.308. The Morgan fingerprint density at radius 2 is 1.83 bits per heavy atom. The van der Waals surface area contributed by atoms with Gasteiger partial charge in [0.2, 0.25) is 0 Å². The van der Waals surface area contributed by atoms with E-state index < -0.39 is 23.7 Å². The second-order valence-electron chi connectivity index (χ2n) is 3.64. The maximum Gasteiger partial charge on any atom is 0.336 e. The Morgan fingerprint density at radius 3 is 2.33 bits per heavy atom. The molecular formula is C13H15NO4. The first-order valence-corrected chi connectivity index (χ1v) is 5.59. The number of rotatable bonds is 5. The van der Waals surface area contributed by atoms with Crippen LogP contribution in [0.2, 0.25) is 0 Å². The van der Waals surface area contributed by atoms with Crippen LogP contribution in [0.5, 0.6) is 0 Å². The molecule has 1 N–H and O–H groups in total. The Balaban J connectivity index is 2.76. The zero-order chi connectivity index (χ0) is 13.5. The summed E-state index contributed by atoms with van der Waals surface area (Å²) in [6.45, 7) is 3.02. The van der Waals surface area contributed by atoms with E-state index in [2.05, 4.69) is 5.32 Å². The summed E-state index contributed by atoms with van der Waals surface area (Å²) < 4.78 is 4.73. The Morgan fingerprint density at radius 1 is 1.22 bits per heavy atom. The average molecular weight is 249 g/mol. The van der Waals surface area contributed by atoms with Crippen LogP contribution in [0.25, 0.3) is 0 Å². The van der Waals surface area contributed by atoms with Gasteiger partial charge < -0.3 is 10.1 Å². The number of nitrogens with one attached hydrogen (secondary N) is 1. The molecule has 1 unspecified atom stereocenters. The molecule has 5 nitrogen and oxygen atoms in total. The first kappa shape index (κ1) is 13.9. The third-order valence-electron chi connectivity index (χ3n) is 2.24. The highest BCUT2D eigenvalue weighted by molar-refractivity contribution is 6.07. The monoisotopic (exact) mass is 249 g/mol. The summed E-state index contributed by atoms with van der Waals surface area (Å²) in [5, 5.41) is 2.35. The lowest BCUT2D eigenvalue weighted by Gasteiger charge is -2.14. The van der Waals surface area contributed by atoms with Gasteiger partial charge in [0, 0.05) is 5.56 Å². The van der Waals surface area contributed by atoms with Gasteiger partial charge in [-0.05, 0) is 26.0 Å². The summed E-state index contributed by atoms with van der Waals surface area (Å²) in [5.41, 5.74) is 0.382. The van der Waals surface area contributed by atoms with Gasteiger partial charge in [-0.1, -0.05) is 18.2 Å². The molecule has 1 aromatic rings. The topological polar surface area (TPSA) is 72.5 Å². The maximum absolute atomic E-state index is 11.8. The first-order valence-electron chi connectivity index (χ1n) is 5.59. The molecule has 5 heteroatoms. The van der Waals surface area contributed by atoms with E-state index in [0.717, 1.165) is 0 Å². The molecule has 1 aromatic carbocycles. The van der Waals surface area contributed by atoms with Gasteiger partial charge in [0.1, 0.15) is 0 Å². The molecule has 0 aromatic heterocycles. The van der Waals surface area contributed by atoms with E-state index >= 15 is 0 Å².